The zero-order valence-electron chi connectivity index (χ0n) is 10.3. The highest BCUT2D eigenvalue weighted by atomic mass is 32.2. The van der Waals surface area contributed by atoms with Crippen LogP contribution in [-0.4, -0.2) is 30.1 Å². The molecule has 0 aliphatic rings. The Hall–Kier alpha value is -1.67. The van der Waals surface area contributed by atoms with Crippen molar-refractivity contribution < 1.29 is 4.39 Å². The summed E-state index contributed by atoms with van der Waals surface area (Å²) in [4.78, 5) is 2.55. The molecule has 0 fully saturated rings. The molecule has 5 nitrogen and oxygen atoms in total. The van der Waals surface area contributed by atoms with Crippen molar-refractivity contribution in [3.05, 3.63) is 29.6 Å². The Bertz CT molecular complexity index is 611. The summed E-state index contributed by atoms with van der Waals surface area (Å²) >= 11 is 2.74. The number of hydrogen-bond donors (Lipinski definition) is 2. The Morgan fingerprint density at radius 2 is 2.16 bits per heavy atom. The summed E-state index contributed by atoms with van der Waals surface area (Å²) in [5, 5.41) is 16.3. The Labute approximate surface area is 118 Å². The highest BCUT2D eigenvalue weighted by molar-refractivity contribution is 8.01. The molecule has 1 aromatic carbocycles. The summed E-state index contributed by atoms with van der Waals surface area (Å²) in [5.41, 5.74) is 5.82. The maximum Gasteiger partial charge on any atom is 0.208 e. The van der Waals surface area contributed by atoms with Gasteiger partial charge in [0.25, 0.3) is 0 Å². The van der Waals surface area contributed by atoms with E-state index in [4.69, 9.17) is 11.1 Å². The van der Waals surface area contributed by atoms with Gasteiger partial charge in [0.2, 0.25) is 5.13 Å². The molecular formula is C11H12FN5S2. The summed E-state index contributed by atoms with van der Waals surface area (Å²) in [7, 11) is 3.77. The lowest BCUT2D eigenvalue weighted by molar-refractivity contribution is 0.626. The van der Waals surface area contributed by atoms with Gasteiger partial charge in [-0.3, -0.25) is 5.41 Å². The summed E-state index contributed by atoms with van der Waals surface area (Å²) in [5.74, 6) is -0.583. The van der Waals surface area contributed by atoms with Crippen LogP contribution in [0.3, 0.4) is 0 Å². The minimum atomic E-state index is -0.416. The van der Waals surface area contributed by atoms with Gasteiger partial charge >= 0.3 is 0 Å². The third kappa shape index (κ3) is 3.21. The third-order valence-electron chi connectivity index (χ3n) is 2.21. The van der Waals surface area contributed by atoms with E-state index in [2.05, 4.69) is 10.2 Å². The maximum absolute atomic E-state index is 13.2. The fraction of sp³-hybridized carbons (Fsp3) is 0.182. The number of nitrogens with two attached hydrogens (primary N) is 1. The second-order valence-electron chi connectivity index (χ2n) is 3.90. The van der Waals surface area contributed by atoms with Crippen molar-refractivity contribution in [1.29, 1.82) is 5.41 Å². The Morgan fingerprint density at radius 1 is 1.42 bits per heavy atom. The lowest BCUT2D eigenvalue weighted by Gasteiger charge is -2.06. The summed E-state index contributed by atoms with van der Waals surface area (Å²) in [6.45, 7) is 0. The molecule has 0 unspecified atom stereocenters. The molecule has 1 aromatic heterocycles. The fourth-order valence-electron chi connectivity index (χ4n) is 1.32. The van der Waals surface area contributed by atoms with Gasteiger partial charge in [0.1, 0.15) is 11.7 Å². The first-order valence-corrected chi connectivity index (χ1v) is 6.93. The lowest BCUT2D eigenvalue weighted by atomic mass is 10.2. The first kappa shape index (κ1) is 13.8. The number of anilines is 1. The van der Waals surface area contributed by atoms with Gasteiger partial charge in [0.15, 0.2) is 4.34 Å². The monoisotopic (exact) mass is 297 g/mol. The van der Waals surface area contributed by atoms with Gasteiger partial charge in [0.05, 0.1) is 0 Å². The number of hydrogen-bond acceptors (Lipinski definition) is 6. The quantitative estimate of drug-likeness (QED) is 0.668. The predicted molar refractivity (Wildman–Crippen MR) is 75.8 cm³/mol. The molecule has 2 aromatic rings. The van der Waals surface area contributed by atoms with Crippen LogP contribution in [0.1, 0.15) is 5.56 Å². The number of amidine groups is 1. The molecule has 100 valence electrons. The number of halogens is 1. The maximum atomic E-state index is 13.2. The standard InChI is InChI=1S/C11H12FN5S2/c1-17(2)10-15-16-11(19-10)18-8-4-3-6(12)5-7(8)9(13)14/h3-5H,1-2H3,(H3,13,14). The molecule has 0 spiro atoms. The van der Waals surface area contributed by atoms with E-state index >= 15 is 0 Å². The van der Waals surface area contributed by atoms with Crippen molar-refractivity contribution in [2.75, 3.05) is 19.0 Å². The fourth-order valence-corrected chi connectivity index (χ4v) is 3.17. The van der Waals surface area contributed by atoms with Crippen LogP contribution in [-0.2, 0) is 0 Å². The van der Waals surface area contributed by atoms with E-state index in [0.29, 0.717) is 10.5 Å². The number of aromatic nitrogens is 2. The van der Waals surface area contributed by atoms with Crippen LogP contribution in [0.5, 0.6) is 0 Å². The number of nitrogens with zero attached hydrogens (tertiary/aromatic N) is 3. The molecule has 1 heterocycles. The summed E-state index contributed by atoms with van der Waals surface area (Å²) in [6, 6.07) is 4.18. The first-order chi connectivity index (χ1) is 8.97. The Morgan fingerprint density at radius 3 is 2.74 bits per heavy atom. The van der Waals surface area contributed by atoms with Crippen LogP contribution in [0.15, 0.2) is 27.4 Å². The van der Waals surface area contributed by atoms with Crippen LogP contribution >= 0.6 is 23.1 Å². The van der Waals surface area contributed by atoms with Gasteiger partial charge in [-0.15, -0.1) is 10.2 Å². The largest absolute Gasteiger partial charge is 0.384 e. The summed E-state index contributed by atoms with van der Waals surface area (Å²) in [6.07, 6.45) is 0. The molecular weight excluding hydrogens is 285 g/mol. The molecule has 0 radical (unpaired) electrons. The minimum Gasteiger partial charge on any atom is -0.384 e. The Kier molecular flexibility index (Phi) is 4.01. The van der Waals surface area contributed by atoms with Crippen molar-refractivity contribution in [3.63, 3.8) is 0 Å². The molecule has 0 atom stereocenters. The van der Waals surface area contributed by atoms with Crippen LogP contribution in [0, 0.1) is 11.2 Å². The predicted octanol–water partition coefficient (Wildman–Crippen LogP) is 2.18. The number of benzene rings is 1. The molecule has 0 aliphatic heterocycles. The van der Waals surface area contributed by atoms with Crippen LogP contribution < -0.4 is 10.6 Å². The second kappa shape index (κ2) is 5.54. The van der Waals surface area contributed by atoms with Gasteiger partial charge < -0.3 is 10.6 Å². The molecule has 19 heavy (non-hydrogen) atoms. The van der Waals surface area contributed by atoms with Crippen molar-refractivity contribution >= 4 is 34.1 Å². The average Bonchev–Trinajstić information content (AvgIpc) is 2.80. The third-order valence-corrected chi connectivity index (χ3v) is 4.43. The zero-order valence-corrected chi connectivity index (χ0v) is 12.0. The molecule has 2 rings (SSSR count). The van der Waals surface area contributed by atoms with Crippen LogP contribution in [0.4, 0.5) is 9.52 Å². The van der Waals surface area contributed by atoms with E-state index < -0.39 is 5.82 Å². The zero-order chi connectivity index (χ0) is 14.0. The number of nitrogens with one attached hydrogen (secondary N) is 1. The van der Waals surface area contributed by atoms with Gasteiger partial charge in [-0.05, 0) is 18.2 Å². The normalized spacial score (nSPS) is 10.5. The van der Waals surface area contributed by atoms with Crippen LogP contribution in [0.2, 0.25) is 0 Å². The second-order valence-corrected chi connectivity index (χ2v) is 6.15. The topological polar surface area (TPSA) is 78.9 Å². The summed E-state index contributed by atoms with van der Waals surface area (Å²) < 4.78 is 13.9. The first-order valence-electron chi connectivity index (χ1n) is 5.30. The lowest BCUT2D eigenvalue weighted by Crippen LogP contribution is -2.12. The van der Waals surface area contributed by atoms with E-state index in [9.17, 15) is 4.39 Å². The molecule has 0 bridgehead atoms. The van der Waals surface area contributed by atoms with Gasteiger partial charge in [-0.2, -0.15) is 0 Å². The van der Waals surface area contributed by atoms with Gasteiger partial charge in [0, 0.05) is 24.6 Å². The van der Waals surface area contributed by atoms with Crippen molar-refractivity contribution in [2.24, 2.45) is 5.73 Å². The number of nitrogen functional groups attached to an aromatic ring is 1. The molecule has 0 saturated carbocycles. The molecule has 8 heteroatoms. The van der Waals surface area contributed by atoms with E-state index in [1.165, 1.54) is 35.2 Å². The number of rotatable bonds is 4. The molecule has 0 saturated heterocycles. The Balaban J connectivity index is 2.29. The van der Waals surface area contributed by atoms with E-state index in [1.807, 2.05) is 19.0 Å². The SMILES string of the molecule is CN(C)c1nnc(Sc2ccc(F)cc2C(=N)N)s1. The van der Waals surface area contributed by atoms with Gasteiger partial charge in [-0.1, -0.05) is 23.1 Å². The highest BCUT2D eigenvalue weighted by Crippen LogP contribution is 2.34. The van der Waals surface area contributed by atoms with Crippen molar-refractivity contribution in [2.45, 2.75) is 9.24 Å². The van der Waals surface area contributed by atoms with E-state index in [0.717, 1.165) is 9.47 Å². The molecule has 0 amide bonds. The molecule has 0 aliphatic carbocycles. The average molecular weight is 297 g/mol. The minimum absolute atomic E-state index is 0.167. The van der Waals surface area contributed by atoms with Crippen molar-refractivity contribution in [1.82, 2.24) is 10.2 Å². The van der Waals surface area contributed by atoms with Gasteiger partial charge in [-0.25, -0.2) is 4.39 Å². The van der Waals surface area contributed by atoms with E-state index in [-0.39, 0.29) is 5.84 Å². The van der Waals surface area contributed by atoms with E-state index in [1.54, 1.807) is 6.07 Å². The smallest absolute Gasteiger partial charge is 0.208 e. The van der Waals surface area contributed by atoms with Crippen molar-refractivity contribution in [3.8, 4) is 0 Å². The highest BCUT2D eigenvalue weighted by Gasteiger charge is 2.12. The van der Waals surface area contributed by atoms with Crippen LogP contribution in [0.25, 0.3) is 0 Å². The molecule has 3 N–H and O–H groups in total.